The molecule has 1 aliphatic heterocycles. The van der Waals surface area contributed by atoms with Crippen molar-refractivity contribution in [3.05, 3.63) is 47.0 Å². The largest absolute Gasteiger partial charge is 0.343 e. The van der Waals surface area contributed by atoms with E-state index in [1.54, 1.807) is 6.07 Å². The number of carbonyl (C=O) groups is 3. The summed E-state index contributed by atoms with van der Waals surface area (Å²) in [5.41, 5.74) is 0.669. The lowest BCUT2D eigenvalue weighted by atomic mass is 9.85. The van der Waals surface area contributed by atoms with Crippen molar-refractivity contribution in [2.24, 2.45) is 23.7 Å². The van der Waals surface area contributed by atoms with Gasteiger partial charge >= 0.3 is 0 Å². The Morgan fingerprint density at radius 3 is 2.17 bits per heavy atom. The summed E-state index contributed by atoms with van der Waals surface area (Å²) in [6.07, 6.45) is 6.86. The molecular weight excluding hydrogens is 400 g/mol. The number of nitrogens with zero attached hydrogens (tertiary/aromatic N) is 2. The fourth-order valence-corrected chi connectivity index (χ4v) is 5.78. The topological polar surface area (TPSA) is 57.7 Å². The number of hydrogen-bond acceptors (Lipinski definition) is 3. The maximum Gasteiger partial charge on any atom is 0.234 e. The van der Waals surface area contributed by atoms with E-state index < -0.39 is 6.04 Å². The Balaban J connectivity index is 1.67. The first-order valence-corrected chi connectivity index (χ1v) is 11.4. The number of allylic oxidation sites excluding steroid dienone is 2. The summed E-state index contributed by atoms with van der Waals surface area (Å²) in [5.74, 6) is -0.608. The number of rotatable bonds is 8. The fourth-order valence-electron chi connectivity index (χ4n) is 5.51. The molecule has 2 fully saturated rings. The predicted octanol–water partition coefficient (Wildman–Crippen LogP) is 4.23. The molecule has 6 heteroatoms. The average molecular weight is 429 g/mol. The van der Waals surface area contributed by atoms with Crippen LogP contribution < -0.4 is 0 Å². The summed E-state index contributed by atoms with van der Waals surface area (Å²) >= 11 is 6.48. The molecule has 1 saturated heterocycles. The Morgan fingerprint density at radius 2 is 1.63 bits per heavy atom. The third-order valence-electron chi connectivity index (χ3n) is 6.79. The number of fused-ring (bicyclic) bond motifs is 5. The fraction of sp³-hybridized carbons (Fsp3) is 0.542. The van der Waals surface area contributed by atoms with Gasteiger partial charge in [-0.15, -0.1) is 0 Å². The minimum absolute atomic E-state index is 0.0395. The summed E-state index contributed by atoms with van der Waals surface area (Å²) in [6, 6.07) is 6.57. The van der Waals surface area contributed by atoms with E-state index >= 15 is 0 Å². The van der Waals surface area contributed by atoms with Crippen LogP contribution in [-0.4, -0.2) is 40.6 Å². The van der Waals surface area contributed by atoms with Crippen LogP contribution in [0.3, 0.4) is 0 Å². The van der Waals surface area contributed by atoms with Crippen LogP contribution >= 0.6 is 11.6 Å². The summed E-state index contributed by atoms with van der Waals surface area (Å²) in [4.78, 5) is 43.2. The van der Waals surface area contributed by atoms with E-state index in [0.717, 1.165) is 19.3 Å². The van der Waals surface area contributed by atoms with Crippen LogP contribution in [0.15, 0.2) is 36.4 Å². The number of amides is 3. The lowest BCUT2D eigenvalue weighted by Gasteiger charge is -2.31. The SMILES string of the molecule is CCCN(CCC)C(=O)CC(c1ccccc1Cl)N1C(=O)C2C3C=CC(C3)C2C1=O. The molecule has 5 atom stereocenters. The molecule has 1 heterocycles. The van der Waals surface area contributed by atoms with Gasteiger partial charge in [0.15, 0.2) is 0 Å². The van der Waals surface area contributed by atoms with E-state index in [9.17, 15) is 14.4 Å². The zero-order valence-electron chi connectivity index (χ0n) is 17.6. The molecule has 2 aliphatic carbocycles. The maximum absolute atomic E-state index is 13.4. The molecule has 0 N–H and O–H groups in total. The quantitative estimate of drug-likeness (QED) is 0.460. The molecule has 2 bridgehead atoms. The standard InChI is InChI=1S/C24H29ClN2O3/c1-3-11-26(12-4-2)20(28)14-19(17-7-5-6-8-18(17)25)27-23(29)21-15-9-10-16(13-15)22(21)24(27)30/h5-10,15-16,19,21-22H,3-4,11-14H2,1-2H3. The molecule has 160 valence electrons. The Kier molecular flexibility index (Phi) is 6.01. The Hall–Kier alpha value is -2.14. The van der Waals surface area contributed by atoms with E-state index in [1.165, 1.54) is 4.90 Å². The number of likely N-dealkylation sites (tertiary alicyclic amines) is 1. The van der Waals surface area contributed by atoms with E-state index in [2.05, 4.69) is 12.2 Å². The summed E-state index contributed by atoms with van der Waals surface area (Å²) in [7, 11) is 0. The van der Waals surface area contributed by atoms with Gasteiger partial charge in [0.05, 0.1) is 24.3 Å². The molecule has 0 aromatic heterocycles. The number of benzene rings is 1. The third-order valence-corrected chi connectivity index (χ3v) is 7.13. The Bertz CT molecular complexity index is 847. The van der Waals surface area contributed by atoms with Gasteiger partial charge in [0.2, 0.25) is 17.7 Å². The highest BCUT2D eigenvalue weighted by molar-refractivity contribution is 6.31. The van der Waals surface area contributed by atoms with Crippen molar-refractivity contribution < 1.29 is 14.4 Å². The Labute approximate surface area is 183 Å². The van der Waals surface area contributed by atoms with Crippen molar-refractivity contribution in [1.82, 2.24) is 9.80 Å². The molecular formula is C24H29ClN2O3. The van der Waals surface area contributed by atoms with E-state index in [1.807, 2.05) is 36.9 Å². The van der Waals surface area contributed by atoms with E-state index in [4.69, 9.17) is 11.6 Å². The second-order valence-corrected chi connectivity index (χ2v) is 9.08. The van der Waals surface area contributed by atoms with Gasteiger partial charge in [-0.05, 0) is 42.7 Å². The molecule has 4 rings (SSSR count). The summed E-state index contributed by atoms with van der Waals surface area (Å²) in [5, 5.41) is 0.478. The minimum atomic E-state index is -0.660. The molecule has 5 unspecified atom stereocenters. The van der Waals surface area contributed by atoms with E-state index in [0.29, 0.717) is 23.7 Å². The molecule has 1 aromatic carbocycles. The average Bonchev–Trinajstić information content (AvgIpc) is 3.41. The second kappa shape index (κ2) is 8.54. The molecule has 3 amide bonds. The molecule has 0 radical (unpaired) electrons. The molecule has 3 aliphatic rings. The Morgan fingerprint density at radius 1 is 1.07 bits per heavy atom. The normalized spacial score (nSPS) is 27.6. The molecule has 0 spiro atoms. The van der Waals surface area contributed by atoms with Gasteiger partial charge in [0, 0.05) is 18.1 Å². The van der Waals surface area contributed by atoms with Gasteiger partial charge in [-0.25, -0.2) is 0 Å². The van der Waals surface area contributed by atoms with E-state index in [-0.39, 0.29) is 47.8 Å². The zero-order chi connectivity index (χ0) is 21.4. The molecule has 5 nitrogen and oxygen atoms in total. The van der Waals surface area contributed by atoms with Crippen LogP contribution in [0.2, 0.25) is 5.02 Å². The second-order valence-electron chi connectivity index (χ2n) is 8.67. The van der Waals surface area contributed by atoms with Crippen molar-refractivity contribution in [2.45, 2.75) is 45.6 Å². The number of hydrogen-bond donors (Lipinski definition) is 0. The van der Waals surface area contributed by atoms with Gasteiger partial charge in [-0.2, -0.15) is 0 Å². The van der Waals surface area contributed by atoms with Crippen molar-refractivity contribution in [2.75, 3.05) is 13.1 Å². The van der Waals surface area contributed by atoms with Crippen LogP contribution in [0.1, 0.15) is 51.1 Å². The molecule has 30 heavy (non-hydrogen) atoms. The van der Waals surface area contributed by atoms with Gasteiger partial charge in [0.25, 0.3) is 0 Å². The highest BCUT2D eigenvalue weighted by atomic mass is 35.5. The molecule has 1 aromatic rings. The van der Waals surface area contributed by atoms with Gasteiger partial charge in [0.1, 0.15) is 0 Å². The van der Waals surface area contributed by atoms with Crippen molar-refractivity contribution in [3.63, 3.8) is 0 Å². The first kappa shape index (κ1) is 21.1. The lowest BCUT2D eigenvalue weighted by molar-refractivity contribution is -0.145. The first-order chi connectivity index (χ1) is 14.5. The van der Waals surface area contributed by atoms with Crippen LogP contribution in [0, 0.1) is 23.7 Å². The maximum atomic E-state index is 13.4. The van der Waals surface area contributed by atoms with Gasteiger partial charge in [-0.3, -0.25) is 19.3 Å². The summed E-state index contributed by atoms with van der Waals surface area (Å²) in [6.45, 7) is 5.42. The summed E-state index contributed by atoms with van der Waals surface area (Å²) < 4.78 is 0. The highest BCUT2D eigenvalue weighted by Crippen LogP contribution is 2.54. The lowest BCUT2D eigenvalue weighted by Crippen LogP contribution is -2.41. The molecule has 1 saturated carbocycles. The minimum Gasteiger partial charge on any atom is -0.343 e. The van der Waals surface area contributed by atoms with Crippen LogP contribution in [-0.2, 0) is 14.4 Å². The van der Waals surface area contributed by atoms with Gasteiger partial charge in [-0.1, -0.05) is 55.8 Å². The highest BCUT2D eigenvalue weighted by Gasteiger charge is 2.60. The van der Waals surface area contributed by atoms with Crippen LogP contribution in [0.5, 0.6) is 0 Å². The zero-order valence-corrected chi connectivity index (χ0v) is 18.3. The van der Waals surface area contributed by atoms with Crippen molar-refractivity contribution in [1.29, 1.82) is 0 Å². The number of imide groups is 1. The predicted molar refractivity (Wildman–Crippen MR) is 116 cm³/mol. The first-order valence-electron chi connectivity index (χ1n) is 11.0. The monoisotopic (exact) mass is 428 g/mol. The smallest absolute Gasteiger partial charge is 0.234 e. The number of halogens is 1. The van der Waals surface area contributed by atoms with Crippen molar-refractivity contribution in [3.8, 4) is 0 Å². The van der Waals surface area contributed by atoms with Crippen LogP contribution in [0.4, 0.5) is 0 Å². The third kappa shape index (κ3) is 3.47. The van der Waals surface area contributed by atoms with Crippen molar-refractivity contribution >= 4 is 29.3 Å². The number of carbonyl (C=O) groups excluding carboxylic acids is 3. The van der Waals surface area contributed by atoms with Crippen LogP contribution in [0.25, 0.3) is 0 Å². The van der Waals surface area contributed by atoms with Gasteiger partial charge < -0.3 is 4.90 Å².